The number of aromatic nitrogens is 1. The standard InChI is InChI=1S/C23H30N4O3S2/c28-22(25-20-8-4-5-9-20)18-31-23-11-10-21(16-24-23)32(29,30)27-14-12-26(13-15-27)17-19-6-2-1-3-7-19/h1-3,6-7,10-11,16,20H,4-5,8-9,12-15,17-18H2,(H,25,28). The lowest BCUT2D eigenvalue weighted by Gasteiger charge is -2.33. The summed E-state index contributed by atoms with van der Waals surface area (Å²) in [6.45, 7) is 3.16. The predicted molar refractivity (Wildman–Crippen MR) is 126 cm³/mol. The summed E-state index contributed by atoms with van der Waals surface area (Å²) in [5.74, 6) is 0.299. The van der Waals surface area contributed by atoms with Crippen molar-refractivity contribution >= 4 is 27.7 Å². The largest absolute Gasteiger partial charge is 0.353 e. The van der Waals surface area contributed by atoms with Gasteiger partial charge in [0, 0.05) is 45.0 Å². The Morgan fingerprint density at radius 3 is 2.41 bits per heavy atom. The number of piperazine rings is 1. The average Bonchev–Trinajstić information content (AvgIpc) is 3.32. The normalized spacial score (nSPS) is 18.6. The van der Waals surface area contributed by atoms with Gasteiger partial charge in [0.15, 0.2) is 0 Å². The number of carbonyl (C=O) groups excluding carboxylic acids is 1. The van der Waals surface area contributed by atoms with E-state index >= 15 is 0 Å². The highest BCUT2D eigenvalue weighted by atomic mass is 32.2. The molecule has 4 rings (SSSR count). The molecular formula is C23H30N4O3S2. The number of pyridine rings is 1. The van der Waals surface area contributed by atoms with Crippen molar-refractivity contribution < 1.29 is 13.2 Å². The third kappa shape index (κ3) is 6.10. The predicted octanol–water partition coefficient (Wildman–Crippen LogP) is 2.74. The Bertz CT molecular complexity index is 986. The van der Waals surface area contributed by atoms with Gasteiger partial charge in [-0.3, -0.25) is 9.69 Å². The zero-order valence-electron chi connectivity index (χ0n) is 18.2. The lowest BCUT2D eigenvalue weighted by atomic mass is 10.2. The first-order valence-corrected chi connectivity index (χ1v) is 13.6. The van der Waals surface area contributed by atoms with Crippen LogP contribution in [0.1, 0.15) is 31.2 Å². The molecule has 1 saturated heterocycles. The van der Waals surface area contributed by atoms with Gasteiger partial charge in [-0.2, -0.15) is 4.31 Å². The minimum Gasteiger partial charge on any atom is -0.353 e. The summed E-state index contributed by atoms with van der Waals surface area (Å²) in [6, 6.07) is 13.8. The summed E-state index contributed by atoms with van der Waals surface area (Å²) in [5.41, 5.74) is 1.23. The number of rotatable bonds is 8. The molecule has 1 saturated carbocycles. The van der Waals surface area contributed by atoms with Crippen molar-refractivity contribution in [1.82, 2.24) is 19.5 Å². The van der Waals surface area contributed by atoms with Gasteiger partial charge in [-0.1, -0.05) is 54.9 Å². The summed E-state index contributed by atoms with van der Waals surface area (Å²) in [5, 5.41) is 3.70. The van der Waals surface area contributed by atoms with Crippen molar-refractivity contribution in [2.45, 2.75) is 48.2 Å². The first kappa shape index (κ1) is 23.2. The maximum absolute atomic E-state index is 13.0. The fourth-order valence-corrected chi connectivity index (χ4v) is 6.22. The van der Waals surface area contributed by atoms with Crippen LogP contribution in [0.2, 0.25) is 0 Å². The quantitative estimate of drug-likeness (QED) is 0.593. The number of nitrogens with one attached hydrogen (secondary N) is 1. The summed E-state index contributed by atoms with van der Waals surface area (Å²) in [4.78, 5) is 18.8. The van der Waals surface area contributed by atoms with Gasteiger partial charge < -0.3 is 5.32 Å². The third-order valence-electron chi connectivity index (χ3n) is 6.00. The Morgan fingerprint density at radius 1 is 1.03 bits per heavy atom. The van der Waals surface area contributed by atoms with E-state index < -0.39 is 10.0 Å². The van der Waals surface area contributed by atoms with Crippen LogP contribution in [-0.4, -0.2) is 66.5 Å². The first-order chi connectivity index (χ1) is 15.5. The van der Waals surface area contributed by atoms with E-state index in [2.05, 4.69) is 27.3 Å². The van der Waals surface area contributed by atoms with E-state index in [9.17, 15) is 13.2 Å². The monoisotopic (exact) mass is 474 g/mol. The molecule has 0 atom stereocenters. The molecule has 2 heterocycles. The summed E-state index contributed by atoms with van der Waals surface area (Å²) in [6.07, 6.45) is 5.88. The molecule has 0 bridgehead atoms. The van der Waals surface area contributed by atoms with Gasteiger partial charge in [-0.15, -0.1) is 0 Å². The van der Waals surface area contributed by atoms with Gasteiger partial charge in [-0.05, 0) is 30.5 Å². The minimum atomic E-state index is -3.57. The molecule has 1 amide bonds. The lowest BCUT2D eigenvalue weighted by Crippen LogP contribution is -2.48. The van der Waals surface area contributed by atoms with E-state index in [0.717, 1.165) is 19.4 Å². The maximum Gasteiger partial charge on any atom is 0.244 e. The highest BCUT2D eigenvalue weighted by Crippen LogP contribution is 2.22. The highest BCUT2D eigenvalue weighted by molar-refractivity contribution is 7.99. The number of hydrogen-bond acceptors (Lipinski definition) is 6. The van der Waals surface area contributed by atoms with Gasteiger partial charge in [0.2, 0.25) is 15.9 Å². The molecule has 172 valence electrons. The fraction of sp³-hybridized carbons (Fsp3) is 0.478. The van der Waals surface area contributed by atoms with Gasteiger partial charge in [-0.25, -0.2) is 13.4 Å². The minimum absolute atomic E-state index is 0.00812. The van der Waals surface area contributed by atoms with Crippen LogP contribution >= 0.6 is 11.8 Å². The van der Waals surface area contributed by atoms with Crippen molar-refractivity contribution in [2.24, 2.45) is 0 Å². The molecule has 2 aliphatic rings. The molecule has 32 heavy (non-hydrogen) atoms. The SMILES string of the molecule is O=C(CSc1ccc(S(=O)(=O)N2CCN(Cc3ccccc3)CC2)cn1)NC1CCCC1. The van der Waals surface area contributed by atoms with Gasteiger partial charge >= 0.3 is 0 Å². The number of benzene rings is 1. The number of sulfonamides is 1. The second-order valence-corrected chi connectivity index (χ2v) is 11.3. The molecule has 2 aromatic rings. The van der Waals surface area contributed by atoms with Crippen molar-refractivity contribution in [1.29, 1.82) is 0 Å². The number of amides is 1. The Kier molecular flexibility index (Phi) is 7.83. The molecule has 0 unspecified atom stereocenters. The molecule has 2 fully saturated rings. The fourth-order valence-electron chi connectivity index (χ4n) is 4.20. The lowest BCUT2D eigenvalue weighted by molar-refractivity contribution is -0.119. The Balaban J connectivity index is 1.27. The van der Waals surface area contributed by atoms with Crippen LogP contribution in [0.3, 0.4) is 0 Å². The van der Waals surface area contributed by atoms with Gasteiger partial charge in [0.1, 0.15) is 4.90 Å². The van der Waals surface area contributed by atoms with Crippen LogP contribution in [0.5, 0.6) is 0 Å². The summed E-state index contributed by atoms with van der Waals surface area (Å²) < 4.78 is 27.6. The second kappa shape index (κ2) is 10.8. The topological polar surface area (TPSA) is 82.6 Å². The van der Waals surface area contributed by atoms with Crippen molar-refractivity contribution in [2.75, 3.05) is 31.9 Å². The summed E-state index contributed by atoms with van der Waals surface area (Å²) >= 11 is 1.33. The molecule has 1 aliphatic heterocycles. The van der Waals surface area contributed by atoms with E-state index in [4.69, 9.17) is 0 Å². The Labute approximate surface area is 194 Å². The molecule has 1 aromatic heterocycles. The smallest absolute Gasteiger partial charge is 0.244 e. The maximum atomic E-state index is 13.0. The molecule has 9 heteroatoms. The number of carbonyl (C=O) groups is 1. The van der Waals surface area contributed by atoms with Crippen LogP contribution in [0.25, 0.3) is 0 Å². The van der Waals surface area contributed by atoms with Crippen LogP contribution in [0.4, 0.5) is 0 Å². The van der Waals surface area contributed by atoms with Crippen LogP contribution < -0.4 is 5.32 Å². The van der Waals surface area contributed by atoms with E-state index in [0.29, 0.717) is 43.0 Å². The van der Waals surface area contributed by atoms with E-state index in [1.807, 2.05) is 18.2 Å². The van der Waals surface area contributed by atoms with Crippen LogP contribution in [0, 0.1) is 0 Å². The van der Waals surface area contributed by atoms with E-state index in [1.165, 1.54) is 40.7 Å². The molecule has 0 spiro atoms. The third-order valence-corrected chi connectivity index (χ3v) is 8.82. The molecule has 1 aromatic carbocycles. The van der Waals surface area contributed by atoms with Gasteiger partial charge in [0.05, 0.1) is 10.8 Å². The average molecular weight is 475 g/mol. The number of thioether (sulfide) groups is 1. The molecule has 1 aliphatic carbocycles. The van der Waals surface area contributed by atoms with Crippen LogP contribution in [-0.2, 0) is 21.4 Å². The molecule has 7 nitrogen and oxygen atoms in total. The first-order valence-electron chi connectivity index (χ1n) is 11.2. The molecule has 0 radical (unpaired) electrons. The molecule has 1 N–H and O–H groups in total. The van der Waals surface area contributed by atoms with Gasteiger partial charge in [0.25, 0.3) is 0 Å². The summed E-state index contributed by atoms with van der Waals surface area (Å²) in [7, 11) is -3.57. The van der Waals surface area contributed by atoms with Crippen molar-refractivity contribution in [3.05, 3.63) is 54.2 Å². The van der Waals surface area contributed by atoms with Crippen molar-refractivity contribution in [3.63, 3.8) is 0 Å². The molecular weight excluding hydrogens is 444 g/mol. The van der Waals surface area contributed by atoms with E-state index in [1.54, 1.807) is 12.1 Å². The Hall–Kier alpha value is -1.94. The van der Waals surface area contributed by atoms with Crippen LogP contribution in [0.15, 0.2) is 58.6 Å². The van der Waals surface area contributed by atoms with E-state index in [-0.39, 0.29) is 10.8 Å². The second-order valence-electron chi connectivity index (χ2n) is 8.34. The van der Waals surface area contributed by atoms with Crippen molar-refractivity contribution in [3.8, 4) is 0 Å². The number of hydrogen-bond donors (Lipinski definition) is 1. The Morgan fingerprint density at radius 2 is 1.75 bits per heavy atom. The highest BCUT2D eigenvalue weighted by Gasteiger charge is 2.28. The number of nitrogens with zero attached hydrogens (tertiary/aromatic N) is 3. The zero-order chi connectivity index (χ0) is 22.4. The zero-order valence-corrected chi connectivity index (χ0v) is 19.8.